The zero-order chi connectivity index (χ0) is 20.8. The molecule has 1 aliphatic carbocycles. The number of carbonyl (C=O) groups is 2. The van der Waals surface area contributed by atoms with Gasteiger partial charge >= 0.3 is 0 Å². The van der Waals surface area contributed by atoms with Crippen LogP contribution in [0.4, 0.5) is 5.82 Å². The standard InChI is InChI=1S/C22H27N5O2S/c28-20(23-14-16-4-2-1-3-5-16)15-30-21-9-8-19(25-26-21)27-12-10-17(11-13-27)22(29)24-18-6-7-18/h1-5,8-9,17-18H,6-7,10-15H2,(H,23,28)(H,24,29). The van der Waals surface area contributed by atoms with Crippen molar-refractivity contribution < 1.29 is 9.59 Å². The summed E-state index contributed by atoms with van der Waals surface area (Å²) in [5.41, 5.74) is 1.08. The van der Waals surface area contributed by atoms with Gasteiger partial charge in [-0.05, 0) is 43.4 Å². The number of hydrogen-bond acceptors (Lipinski definition) is 6. The fraction of sp³-hybridized carbons (Fsp3) is 0.455. The molecule has 2 aromatic rings. The zero-order valence-electron chi connectivity index (χ0n) is 16.9. The monoisotopic (exact) mass is 425 g/mol. The van der Waals surface area contributed by atoms with E-state index in [0.29, 0.717) is 18.3 Å². The maximum atomic E-state index is 12.2. The maximum absolute atomic E-state index is 12.2. The fourth-order valence-electron chi connectivity index (χ4n) is 3.46. The Hall–Kier alpha value is -2.61. The van der Waals surface area contributed by atoms with Gasteiger partial charge in [-0.1, -0.05) is 42.1 Å². The Kier molecular flexibility index (Phi) is 6.84. The van der Waals surface area contributed by atoms with Crippen molar-refractivity contribution in [2.45, 2.75) is 43.3 Å². The predicted molar refractivity (Wildman–Crippen MR) is 117 cm³/mol. The summed E-state index contributed by atoms with van der Waals surface area (Å²) >= 11 is 1.38. The van der Waals surface area contributed by atoms with Gasteiger partial charge in [0.1, 0.15) is 5.03 Å². The van der Waals surface area contributed by atoms with Crippen molar-refractivity contribution >= 4 is 29.4 Å². The summed E-state index contributed by atoms with van der Waals surface area (Å²) in [4.78, 5) is 26.4. The smallest absolute Gasteiger partial charge is 0.230 e. The van der Waals surface area contributed by atoms with Crippen LogP contribution < -0.4 is 15.5 Å². The first-order chi connectivity index (χ1) is 14.7. The van der Waals surface area contributed by atoms with Crippen molar-refractivity contribution in [1.29, 1.82) is 0 Å². The summed E-state index contributed by atoms with van der Waals surface area (Å²) in [5.74, 6) is 1.43. The lowest BCUT2D eigenvalue weighted by Crippen LogP contribution is -2.41. The third kappa shape index (κ3) is 5.95. The van der Waals surface area contributed by atoms with E-state index in [9.17, 15) is 9.59 Å². The Balaban J connectivity index is 1.18. The lowest BCUT2D eigenvalue weighted by atomic mass is 9.96. The molecule has 2 aliphatic rings. The summed E-state index contributed by atoms with van der Waals surface area (Å²) in [6.07, 6.45) is 3.94. The molecule has 8 heteroatoms. The number of piperidine rings is 1. The van der Waals surface area contributed by atoms with Gasteiger partial charge in [0.2, 0.25) is 11.8 Å². The molecule has 0 radical (unpaired) electrons. The molecule has 0 unspecified atom stereocenters. The Bertz CT molecular complexity index is 850. The van der Waals surface area contributed by atoms with E-state index in [1.54, 1.807) is 0 Å². The molecule has 0 spiro atoms. The summed E-state index contributed by atoms with van der Waals surface area (Å²) in [6.45, 7) is 2.15. The zero-order valence-corrected chi connectivity index (χ0v) is 17.7. The minimum atomic E-state index is -0.0266. The van der Waals surface area contributed by atoms with Gasteiger partial charge in [0, 0.05) is 31.6 Å². The molecule has 158 valence electrons. The van der Waals surface area contributed by atoms with Crippen molar-refractivity contribution in [2.75, 3.05) is 23.7 Å². The van der Waals surface area contributed by atoms with Gasteiger partial charge in [-0.25, -0.2) is 0 Å². The Labute approximate surface area is 181 Å². The first kappa shape index (κ1) is 20.7. The number of hydrogen-bond donors (Lipinski definition) is 2. The second-order valence-corrected chi connectivity index (χ2v) is 8.82. The van der Waals surface area contributed by atoms with Gasteiger partial charge in [-0.15, -0.1) is 10.2 Å². The van der Waals surface area contributed by atoms with Crippen LogP contribution in [-0.2, 0) is 16.1 Å². The van der Waals surface area contributed by atoms with Gasteiger partial charge in [0.05, 0.1) is 5.75 Å². The molecule has 4 rings (SSSR count). The van der Waals surface area contributed by atoms with E-state index in [-0.39, 0.29) is 17.7 Å². The quantitative estimate of drug-likeness (QED) is 0.632. The maximum Gasteiger partial charge on any atom is 0.230 e. The van der Waals surface area contributed by atoms with Crippen molar-refractivity contribution in [3.63, 3.8) is 0 Å². The highest BCUT2D eigenvalue weighted by Crippen LogP contribution is 2.25. The Morgan fingerprint density at radius 2 is 1.77 bits per heavy atom. The average Bonchev–Trinajstić information content (AvgIpc) is 3.61. The van der Waals surface area contributed by atoms with Crippen LogP contribution in [0.5, 0.6) is 0 Å². The van der Waals surface area contributed by atoms with Crippen LogP contribution in [0.2, 0.25) is 0 Å². The van der Waals surface area contributed by atoms with Gasteiger partial charge in [0.25, 0.3) is 0 Å². The van der Waals surface area contributed by atoms with Gasteiger partial charge in [0.15, 0.2) is 5.82 Å². The molecule has 0 atom stereocenters. The second-order valence-electron chi connectivity index (χ2n) is 7.82. The number of benzene rings is 1. The molecular weight excluding hydrogens is 398 g/mol. The van der Waals surface area contributed by atoms with Crippen molar-refractivity contribution in [1.82, 2.24) is 20.8 Å². The van der Waals surface area contributed by atoms with Crippen LogP contribution >= 0.6 is 11.8 Å². The van der Waals surface area contributed by atoms with E-state index >= 15 is 0 Å². The van der Waals surface area contributed by atoms with Crippen molar-refractivity contribution in [3.8, 4) is 0 Å². The molecular formula is C22H27N5O2S. The molecule has 30 heavy (non-hydrogen) atoms. The van der Waals surface area contributed by atoms with E-state index in [1.165, 1.54) is 11.8 Å². The molecule has 1 saturated heterocycles. The summed E-state index contributed by atoms with van der Waals surface area (Å²) < 4.78 is 0. The first-order valence-corrected chi connectivity index (χ1v) is 11.5. The average molecular weight is 426 g/mol. The molecule has 2 amide bonds. The van der Waals surface area contributed by atoms with E-state index in [2.05, 4.69) is 25.7 Å². The topological polar surface area (TPSA) is 87.2 Å². The number of nitrogens with one attached hydrogen (secondary N) is 2. The van der Waals surface area contributed by atoms with Crippen LogP contribution in [0.3, 0.4) is 0 Å². The third-order valence-electron chi connectivity index (χ3n) is 5.42. The van der Waals surface area contributed by atoms with Crippen LogP contribution in [0, 0.1) is 5.92 Å². The van der Waals surface area contributed by atoms with E-state index < -0.39 is 0 Å². The first-order valence-electron chi connectivity index (χ1n) is 10.5. The van der Waals surface area contributed by atoms with Gasteiger partial charge in [-0.2, -0.15) is 0 Å². The number of nitrogens with zero attached hydrogens (tertiary/aromatic N) is 3. The largest absolute Gasteiger partial charge is 0.355 e. The Morgan fingerprint density at radius 3 is 2.43 bits per heavy atom. The molecule has 2 heterocycles. The van der Waals surface area contributed by atoms with Crippen LogP contribution in [0.1, 0.15) is 31.2 Å². The van der Waals surface area contributed by atoms with Crippen LogP contribution in [0.15, 0.2) is 47.5 Å². The number of thioether (sulfide) groups is 1. The molecule has 0 bridgehead atoms. The number of aromatic nitrogens is 2. The van der Waals surface area contributed by atoms with E-state index in [4.69, 9.17) is 0 Å². The highest BCUT2D eigenvalue weighted by molar-refractivity contribution is 7.99. The van der Waals surface area contributed by atoms with Gasteiger partial charge in [-0.3, -0.25) is 9.59 Å². The Morgan fingerprint density at radius 1 is 1.00 bits per heavy atom. The lowest BCUT2D eigenvalue weighted by molar-refractivity contribution is -0.125. The third-order valence-corrected chi connectivity index (χ3v) is 6.34. The van der Waals surface area contributed by atoms with Crippen LogP contribution in [-0.4, -0.2) is 46.9 Å². The molecule has 2 N–H and O–H groups in total. The lowest BCUT2D eigenvalue weighted by Gasteiger charge is -2.31. The second kappa shape index (κ2) is 9.93. The van der Waals surface area contributed by atoms with E-state index in [1.807, 2.05) is 42.5 Å². The molecule has 1 aromatic carbocycles. The fourth-order valence-corrected chi connectivity index (χ4v) is 4.11. The number of anilines is 1. The summed E-state index contributed by atoms with van der Waals surface area (Å²) in [7, 11) is 0. The van der Waals surface area contributed by atoms with Crippen molar-refractivity contribution in [2.24, 2.45) is 5.92 Å². The van der Waals surface area contributed by atoms with Crippen LogP contribution in [0.25, 0.3) is 0 Å². The van der Waals surface area contributed by atoms with E-state index in [0.717, 1.165) is 55.2 Å². The van der Waals surface area contributed by atoms with Crippen molar-refractivity contribution in [3.05, 3.63) is 48.0 Å². The SMILES string of the molecule is O=C(CSc1ccc(N2CCC(C(=O)NC3CC3)CC2)nn1)NCc1ccccc1. The molecule has 1 saturated carbocycles. The predicted octanol–water partition coefficient (Wildman–Crippen LogP) is 2.38. The molecule has 1 aromatic heterocycles. The summed E-state index contributed by atoms with van der Waals surface area (Å²) in [6, 6.07) is 14.1. The minimum absolute atomic E-state index is 0.0266. The highest BCUT2D eigenvalue weighted by atomic mass is 32.2. The number of carbonyl (C=O) groups excluding carboxylic acids is 2. The molecule has 7 nitrogen and oxygen atoms in total. The molecule has 2 fully saturated rings. The number of rotatable bonds is 8. The number of amides is 2. The summed E-state index contributed by atoms with van der Waals surface area (Å²) in [5, 5.41) is 15.3. The molecule has 1 aliphatic heterocycles. The minimum Gasteiger partial charge on any atom is -0.355 e. The highest BCUT2D eigenvalue weighted by Gasteiger charge is 2.30. The van der Waals surface area contributed by atoms with Gasteiger partial charge < -0.3 is 15.5 Å². The normalized spacial score (nSPS) is 16.9.